The van der Waals surface area contributed by atoms with Gasteiger partial charge in [0.25, 0.3) is 0 Å². The molecule has 1 N–H and O–H groups in total. The van der Waals surface area contributed by atoms with Crippen LogP contribution in [0.4, 0.5) is 5.82 Å². The third-order valence-electron chi connectivity index (χ3n) is 3.59. The van der Waals surface area contributed by atoms with Crippen LogP contribution in [0.5, 0.6) is 5.75 Å². The molecule has 1 aromatic heterocycles. The van der Waals surface area contributed by atoms with Gasteiger partial charge in [0.15, 0.2) is 11.6 Å². The zero-order chi connectivity index (χ0) is 12.1. The smallest absolute Gasteiger partial charge is 0.168 e. The summed E-state index contributed by atoms with van der Waals surface area (Å²) in [5, 5.41) is 3.42. The highest BCUT2D eigenvalue weighted by atomic mass is 16.5. The summed E-state index contributed by atoms with van der Waals surface area (Å²) in [7, 11) is 1.69. The van der Waals surface area contributed by atoms with Gasteiger partial charge in [-0.3, -0.25) is 0 Å². The van der Waals surface area contributed by atoms with Crippen LogP contribution in [0, 0.1) is 11.8 Å². The highest BCUT2D eigenvalue weighted by Crippen LogP contribution is 2.29. The molecule has 1 fully saturated rings. The molecule has 1 aliphatic rings. The molecule has 1 heterocycles. The average molecular weight is 234 g/mol. The highest BCUT2D eigenvalue weighted by molar-refractivity contribution is 5.49. The second-order valence-corrected chi connectivity index (χ2v) is 5.07. The molecule has 0 aromatic carbocycles. The zero-order valence-electron chi connectivity index (χ0n) is 10.8. The van der Waals surface area contributed by atoms with Gasteiger partial charge in [-0.25, -0.2) is 4.98 Å². The Kier molecular flexibility index (Phi) is 4.24. The van der Waals surface area contributed by atoms with Gasteiger partial charge >= 0.3 is 0 Å². The number of hydrogen-bond donors (Lipinski definition) is 1. The van der Waals surface area contributed by atoms with E-state index in [1.54, 1.807) is 13.3 Å². The normalized spacial score (nSPS) is 24.4. The van der Waals surface area contributed by atoms with Gasteiger partial charge in [-0.1, -0.05) is 19.8 Å². The summed E-state index contributed by atoms with van der Waals surface area (Å²) in [6.07, 6.45) is 7.24. The summed E-state index contributed by atoms with van der Waals surface area (Å²) >= 11 is 0. The Hall–Kier alpha value is -1.25. The van der Waals surface area contributed by atoms with Crippen LogP contribution in [-0.2, 0) is 0 Å². The molecule has 0 saturated heterocycles. The first kappa shape index (κ1) is 12.2. The van der Waals surface area contributed by atoms with Crippen molar-refractivity contribution in [2.75, 3.05) is 19.0 Å². The minimum atomic E-state index is 0.783. The van der Waals surface area contributed by atoms with Gasteiger partial charge in [-0.2, -0.15) is 0 Å². The predicted molar refractivity (Wildman–Crippen MR) is 70.4 cm³/mol. The van der Waals surface area contributed by atoms with Gasteiger partial charge in [0.2, 0.25) is 0 Å². The van der Waals surface area contributed by atoms with Crippen LogP contribution in [0.15, 0.2) is 18.3 Å². The van der Waals surface area contributed by atoms with Crippen LogP contribution in [0.3, 0.4) is 0 Å². The fourth-order valence-electron chi connectivity index (χ4n) is 2.67. The molecule has 3 heteroatoms. The standard InChI is InChI=1S/C14H22N2O/c1-11-5-3-6-12(9-11)10-16-14-13(17-2)7-4-8-15-14/h4,7-8,11-12H,3,5-6,9-10H2,1-2H3,(H,15,16). The Balaban J connectivity index is 1.88. The first-order chi connectivity index (χ1) is 8.29. The fraction of sp³-hybridized carbons (Fsp3) is 0.643. The second kappa shape index (κ2) is 5.89. The summed E-state index contributed by atoms with van der Waals surface area (Å²) in [5.74, 6) is 3.36. The van der Waals surface area contributed by atoms with Crippen molar-refractivity contribution in [1.82, 2.24) is 4.98 Å². The van der Waals surface area contributed by atoms with Crippen molar-refractivity contribution >= 4 is 5.82 Å². The number of pyridine rings is 1. The molecular formula is C14H22N2O. The van der Waals surface area contributed by atoms with Gasteiger partial charge in [0.05, 0.1) is 7.11 Å². The van der Waals surface area contributed by atoms with E-state index in [1.165, 1.54) is 25.7 Å². The molecule has 1 aliphatic carbocycles. The molecule has 2 atom stereocenters. The Morgan fingerprint density at radius 3 is 3.12 bits per heavy atom. The minimum Gasteiger partial charge on any atom is -0.493 e. The van der Waals surface area contributed by atoms with E-state index in [-0.39, 0.29) is 0 Å². The third kappa shape index (κ3) is 3.35. The molecule has 2 unspecified atom stereocenters. The van der Waals surface area contributed by atoms with E-state index < -0.39 is 0 Å². The number of aromatic nitrogens is 1. The van der Waals surface area contributed by atoms with Crippen molar-refractivity contribution < 1.29 is 4.74 Å². The first-order valence-electron chi connectivity index (χ1n) is 6.52. The highest BCUT2D eigenvalue weighted by Gasteiger charge is 2.18. The number of nitrogens with zero attached hydrogens (tertiary/aromatic N) is 1. The molecule has 94 valence electrons. The molecular weight excluding hydrogens is 212 g/mol. The van der Waals surface area contributed by atoms with Gasteiger partial charge in [0, 0.05) is 12.7 Å². The number of hydrogen-bond acceptors (Lipinski definition) is 3. The quantitative estimate of drug-likeness (QED) is 0.867. The van der Waals surface area contributed by atoms with Gasteiger partial charge in [-0.15, -0.1) is 0 Å². The molecule has 0 amide bonds. The van der Waals surface area contributed by atoms with Crippen molar-refractivity contribution in [3.63, 3.8) is 0 Å². The van der Waals surface area contributed by atoms with Crippen molar-refractivity contribution in [3.8, 4) is 5.75 Å². The molecule has 2 rings (SSSR count). The average Bonchev–Trinajstić information content (AvgIpc) is 2.37. The monoisotopic (exact) mass is 234 g/mol. The summed E-state index contributed by atoms with van der Waals surface area (Å²) in [4.78, 5) is 4.32. The topological polar surface area (TPSA) is 34.1 Å². The molecule has 17 heavy (non-hydrogen) atoms. The molecule has 0 aliphatic heterocycles. The van der Waals surface area contributed by atoms with Crippen LogP contribution >= 0.6 is 0 Å². The lowest BCUT2D eigenvalue weighted by Gasteiger charge is -2.27. The van der Waals surface area contributed by atoms with E-state index in [1.807, 2.05) is 12.1 Å². The van der Waals surface area contributed by atoms with Crippen LogP contribution in [0.2, 0.25) is 0 Å². The largest absolute Gasteiger partial charge is 0.493 e. The van der Waals surface area contributed by atoms with Gasteiger partial charge in [0.1, 0.15) is 0 Å². The Morgan fingerprint density at radius 2 is 2.35 bits per heavy atom. The molecule has 1 aromatic rings. The molecule has 0 radical (unpaired) electrons. The molecule has 0 spiro atoms. The fourth-order valence-corrected chi connectivity index (χ4v) is 2.67. The van der Waals surface area contributed by atoms with E-state index in [0.717, 1.165) is 29.9 Å². The SMILES string of the molecule is COc1cccnc1NCC1CCCC(C)C1. The van der Waals surface area contributed by atoms with E-state index in [4.69, 9.17) is 4.74 Å². The lowest BCUT2D eigenvalue weighted by atomic mass is 9.82. The molecule has 0 bridgehead atoms. The van der Waals surface area contributed by atoms with Gasteiger partial charge < -0.3 is 10.1 Å². The maximum absolute atomic E-state index is 5.28. The first-order valence-corrected chi connectivity index (χ1v) is 6.52. The summed E-state index contributed by atoms with van der Waals surface area (Å²) in [5.41, 5.74) is 0. The number of methoxy groups -OCH3 is 1. The maximum Gasteiger partial charge on any atom is 0.168 e. The van der Waals surface area contributed by atoms with Gasteiger partial charge in [-0.05, 0) is 36.8 Å². The summed E-state index contributed by atoms with van der Waals surface area (Å²) in [6.45, 7) is 3.37. The van der Waals surface area contributed by atoms with Crippen molar-refractivity contribution in [3.05, 3.63) is 18.3 Å². The molecule has 3 nitrogen and oxygen atoms in total. The minimum absolute atomic E-state index is 0.783. The number of nitrogens with one attached hydrogen (secondary N) is 1. The predicted octanol–water partition coefficient (Wildman–Crippen LogP) is 3.33. The Bertz CT molecular complexity index is 354. The van der Waals surface area contributed by atoms with Crippen molar-refractivity contribution in [1.29, 1.82) is 0 Å². The zero-order valence-corrected chi connectivity index (χ0v) is 10.8. The lowest BCUT2D eigenvalue weighted by Crippen LogP contribution is -2.21. The maximum atomic E-state index is 5.28. The van der Waals surface area contributed by atoms with Crippen LogP contribution < -0.4 is 10.1 Å². The summed E-state index contributed by atoms with van der Waals surface area (Å²) < 4.78 is 5.28. The number of ether oxygens (including phenoxy) is 1. The van der Waals surface area contributed by atoms with Crippen LogP contribution in [0.1, 0.15) is 32.6 Å². The van der Waals surface area contributed by atoms with Crippen molar-refractivity contribution in [2.45, 2.75) is 32.6 Å². The van der Waals surface area contributed by atoms with E-state index in [0.29, 0.717) is 0 Å². The summed E-state index contributed by atoms with van der Waals surface area (Å²) in [6, 6.07) is 3.84. The second-order valence-electron chi connectivity index (χ2n) is 5.07. The lowest BCUT2D eigenvalue weighted by molar-refractivity contribution is 0.293. The Labute approximate surface area is 104 Å². The van der Waals surface area contributed by atoms with E-state index in [9.17, 15) is 0 Å². The Morgan fingerprint density at radius 1 is 1.47 bits per heavy atom. The third-order valence-corrected chi connectivity index (χ3v) is 3.59. The molecule has 1 saturated carbocycles. The van der Waals surface area contributed by atoms with E-state index >= 15 is 0 Å². The number of anilines is 1. The van der Waals surface area contributed by atoms with Crippen LogP contribution in [-0.4, -0.2) is 18.6 Å². The van der Waals surface area contributed by atoms with E-state index in [2.05, 4.69) is 17.2 Å². The number of rotatable bonds is 4. The van der Waals surface area contributed by atoms with Crippen LogP contribution in [0.25, 0.3) is 0 Å². The van der Waals surface area contributed by atoms with Crippen molar-refractivity contribution in [2.24, 2.45) is 11.8 Å².